The lowest BCUT2D eigenvalue weighted by atomic mass is 10.1. The number of phenols is 1. The maximum atomic E-state index is 12.1. The Hall–Kier alpha value is -1.59. The van der Waals surface area contributed by atoms with Gasteiger partial charge in [-0.25, -0.2) is 0 Å². The molecule has 1 N–H and O–H groups in total. The van der Waals surface area contributed by atoms with Gasteiger partial charge in [-0.05, 0) is 42.0 Å². The zero-order valence-corrected chi connectivity index (χ0v) is 14.3. The molecule has 0 aromatic heterocycles. The van der Waals surface area contributed by atoms with Crippen LogP contribution in [0.25, 0.3) is 6.08 Å². The number of carbonyl (C=O) groups excluding carboxylic acids is 1. The van der Waals surface area contributed by atoms with E-state index in [9.17, 15) is 9.90 Å². The summed E-state index contributed by atoms with van der Waals surface area (Å²) in [5, 5.41) is 9.65. The van der Waals surface area contributed by atoms with Crippen LogP contribution in [0.4, 0.5) is 0 Å². The number of ketones is 1. The molecule has 0 fully saturated rings. The van der Waals surface area contributed by atoms with Crippen LogP contribution in [0.3, 0.4) is 0 Å². The lowest BCUT2D eigenvalue weighted by Crippen LogP contribution is -1.93. The second-order valence-corrected chi connectivity index (χ2v) is 6.02. The molecular formula is C16H12Br2O3. The summed E-state index contributed by atoms with van der Waals surface area (Å²) in [6.07, 6.45) is 3.16. The van der Waals surface area contributed by atoms with Gasteiger partial charge in [-0.15, -0.1) is 0 Å². The van der Waals surface area contributed by atoms with Crippen molar-refractivity contribution in [3.63, 3.8) is 0 Å². The van der Waals surface area contributed by atoms with Gasteiger partial charge < -0.3 is 9.84 Å². The second kappa shape index (κ2) is 6.91. The number of phenolic OH excluding ortho intramolecular Hbond substituents is 1. The van der Waals surface area contributed by atoms with Crippen LogP contribution in [0.15, 0.2) is 51.4 Å². The number of benzene rings is 2. The highest BCUT2D eigenvalue weighted by Crippen LogP contribution is 2.33. The molecule has 0 unspecified atom stereocenters. The number of methoxy groups -OCH3 is 1. The molecule has 3 nitrogen and oxygen atoms in total. The van der Waals surface area contributed by atoms with Gasteiger partial charge in [-0.1, -0.05) is 44.0 Å². The van der Waals surface area contributed by atoms with Crippen molar-refractivity contribution in [3.05, 3.63) is 62.5 Å². The van der Waals surface area contributed by atoms with Crippen molar-refractivity contribution in [1.29, 1.82) is 0 Å². The minimum Gasteiger partial charge on any atom is -0.504 e. The Morgan fingerprint density at radius 2 is 2.00 bits per heavy atom. The number of carbonyl (C=O) groups is 1. The molecule has 2 aromatic carbocycles. The van der Waals surface area contributed by atoms with Crippen molar-refractivity contribution in [3.8, 4) is 11.5 Å². The summed E-state index contributed by atoms with van der Waals surface area (Å²) in [5.74, 6) is 0.294. The zero-order chi connectivity index (χ0) is 15.4. The number of rotatable bonds is 4. The summed E-state index contributed by atoms with van der Waals surface area (Å²) >= 11 is 6.68. The van der Waals surface area contributed by atoms with E-state index in [-0.39, 0.29) is 11.5 Å². The van der Waals surface area contributed by atoms with Gasteiger partial charge >= 0.3 is 0 Å². The maximum absolute atomic E-state index is 12.1. The molecule has 0 saturated carbocycles. The topological polar surface area (TPSA) is 46.5 Å². The molecule has 0 bridgehead atoms. The molecule has 0 radical (unpaired) electrons. The van der Waals surface area contributed by atoms with Crippen molar-refractivity contribution >= 4 is 43.7 Å². The van der Waals surface area contributed by atoms with Crippen LogP contribution in [-0.4, -0.2) is 18.0 Å². The van der Waals surface area contributed by atoms with Crippen LogP contribution < -0.4 is 4.74 Å². The fraction of sp³-hybridized carbons (Fsp3) is 0.0625. The van der Waals surface area contributed by atoms with E-state index < -0.39 is 0 Å². The van der Waals surface area contributed by atoms with Gasteiger partial charge in [0.05, 0.1) is 7.11 Å². The molecule has 0 amide bonds. The molecular weight excluding hydrogens is 400 g/mol. The van der Waals surface area contributed by atoms with Crippen molar-refractivity contribution < 1.29 is 14.6 Å². The molecule has 5 heteroatoms. The first-order valence-corrected chi connectivity index (χ1v) is 7.64. The molecule has 0 aliphatic carbocycles. The summed E-state index contributed by atoms with van der Waals surface area (Å²) in [4.78, 5) is 12.1. The van der Waals surface area contributed by atoms with E-state index in [4.69, 9.17) is 4.74 Å². The monoisotopic (exact) mass is 410 g/mol. The predicted octanol–water partition coefficient (Wildman–Crippen LogP) is 4.82. The van der Waals surface area contributed by atoms with Crippen molar-refractivity contribution in [1.82, 2.24) is 0 Å². The molecule has 2 aromatic rings. The van der Waals surface area contributed by atoms with E-state index >= 15 is 0 Å². The first-order chi connectivity index (χ1) is 10.0. The molecule has 2 rings (SSSR count). The summed E-state index contributed by atoms with van der Waals surface area (Å²) in [7, 11) is 1.48. The molecule has 0 aliphatic heterocycles. The standard InChI is InChI=1S/C16H12Br2O3/c1-21-16-8-10(13(18)9-15(16)20)5-6-14(19)11-3-2-4-12(17)7-11/h2-9,20H,1H3/b6-5+. The van der Waals surface area contributed by atoms with Crippen LogP contribution in [0.1, 0.15) is 15.9 Å². The van der Waals surface area contributed by atoms with E-state index in [1.807, 2.05) is 12.1 Å². The molecule has 0 aliphatic rings. The molecule has 0 atom stereocenters. The second-order valence-electron chi connectivity index (χ2n) is 4.25. The van der Waals surface area contributed by atoms with Gasteiger partial charge in [-0.2, -0.15) is 0 Å². The Labute approximate surface area is 139 Å². The summed E-state index contributed by atoms with van der Waals surface area (Å²) < 4.78 is 6.59. The van der Waals surface area contributed by atoms with Gasteiger partial charge in [-0.3, -0.25) is 4.79 Å². The Kier molecular flexibility index (Phi) is 5.20. The lowest BCUT2D eigenvalue weighted by molar-refractivity contribution is 0.104. The summed E-state index contributed by atoms with van der Waals surface area (Å²) in [6.45, 7) is 0. The van der Waals surface area contributed by atoms with Gasteiger partial charge in [0.15, 0.2) is 17.3 Å². The molecule has 0 heterocycles. The molecule has 0 spiro atoms. The Morgan fingerprint density at radius 1 is 1.24 bits per heavy atom. The van der Waals surface area contributed by atoms with Gasteiger partial charge in [0, 0.05) is 14.5 Å². The highest BCUT2D eigenvalue weighted by atomic mass is 79.9. The number of hydrogen-bond acceptors (Lipinski definition) is 3. The van der Waals surface area contributed by atoms with Crippen molar-refractivity contribution in [2.75, 3.05) is 7.11 Å². The SMILES string of the molecule is COc1cc(/C=C/C(=O)c2cccc(Br)c2)c(Br)cc1O. The van der Waals surface area contributed by atoms with Crippen LogP contribution in [-0.2, 0) is 0 Å². The first kappa shape index (κ1) is 15.8. The molecule has 21 heavy (non-hydrogen) atoms. The number of hydrogen-bond donors (Lipinski definition) is 1. The van der Waals surface area contributed by atoms with Crippen LogP contribution in [0.5, 0.6) is 11.5 Å². The predicted molar refractivity (Wildman–Crippen MR) is 89.9 cm³/mol. The lowest BCUT2D eigenvalue weighted by Gasteiger charge is -2.06. The largest absolute Gasteiger partial charge is 0.504 e. The number of halogens is 2. The van der Waals surface area contributed by atoms with E-state index in [1.54, 1.807) is 24.3 Å². The van der Waals surface area contributed by atoms with Crippen molar-refractivity contribution in [2.24, 2.45) is 0 Å². The third kappa shape index (κ3) is 3.95. The van der Waals surface area contributed by atoms with Crippen LogP contribution in [0, 0.1) is 0 Å². The van der Waals surface area contributed by atoms with E-state index in [0.717, 1.165) is 10.0 Å². The Morgan fingerprint density at radius 3 is 2.67 bits per heavy atom. The summed E-state index contributed by atoms with van der Waals surface area (Å²) in [5.41, 5.74) is 1.34. The van der Waals surface area contributed by atoms with Gasteiger partial charge in [0.1, 0.15) is 0 Å². The third-order valence-corrected chi connectivity index (χ3v) is 4.00. The van der Waals surface area contributed by atoms with Crippen LogP contribution in [0.2, 0.25) is 0 Å². The quantitative estimate of drug-likeness (QED) is 0.579. The first-order valence-electron chi connectivity index (χ1n) is 6.05. The van der Waals surface area contributed by atoms with E-state index in [2.05, 4.69) is 31.9 Å². The number of allylic oxidation sites excluding steroid dienone is 1. The fourth-order valence-corrected chi connectivity index (χ4v) is 2.62. The third-order valence-electron chi connectivity index (χ3n) is 2.82. The van der Waals surface area contributed by atoms with Gasteiger partial charge in [0.2, 0.25) is 0 Å². The average Bonchev–Trinajstić information content (AvgIpc) is 2.46. The van der Waals surface area contributed by atoms with E-state index in [0.29, 0.717) is 15.8 Å². The average molecular weight is 412 g/mol. The highest BCUT2D eigenvalue weighted by Gasteiger charge is 2.07. The minimum absolute atomic E-state index is 0.0415. The normalized spacial score (nSPS) is 10.8. The van der Waals surface area contributed by atoms with Gasteiger partial charge in [0.25, 0.3) is 0 Å². The fourth-order valence-electron chi connectivity index (χ4n) is 1.75. The van der Waals surface area contributed by atoms with Crippen LogP contribution >= 0.6 is 31.9 Å². The van der Waals surface area contributed by atoms with E-state index in [1.165, 1.54) is 19.3 Å². The highest BCUT2D eigenvalue weighted by molar-refractivity contribution is 9.10. The molecule has 0 saturated heterocycles. The zero-order valence-electron chi connectivity index (χ0n) is 11.1. The molecule has 108 valence electrons. The smallest absolute Gasteiger partial charge is 0.185 e. The number of ether oxygens (including phenoxy) is 1. The number of aromatic hydroxyl groups is 1. The maximum Gasteiger partial charge on any atom is 0.185 e. The Bertz CT molecular complexity index is 709. The van der Waals surface area contributed by atoms with Crippen molar-refractivity contribution in [2.45, 2.75) is 0 Å². The Balaban J connectivity index is 2.27. The minimum atomic E-state index is -0.102. The summed E-state index contributed by atoms with van der Waals surface area (Å²) in [6, 6.07) is 10.4.